The molecule has 2 heterocycles. The maximum atomic E-state index is 13.9. The molecule has 2 amide bonds. The molecule has 0 spiro atoms. The van der Waals surface area contributed by atoms with Crippen molar-refractivity contribution in [2.75, 3.05) is 6.26 Å². The Morgan fingerprint density at radius 2 is 1.79 bits per heavy atom. The molecule has 5 atom stereocenters. The Balaban J connectivity index is 2.01. The van der Waals surface area contributed by atoms with Crippen molar-refractivity contribution in [3.8, 4) is 0 Å². The number of rotatable bonds is 7. The predicted molar refractivity (Wildman–Crippen MR) is 150 cm³/mol. The third kappa shape index (κ3) is 7.09. The summed E-state index contributed by atoms with van der Waals surface area (Å²) in [4.78, 5) is 52.1. The fourth-order valence-electron chi connectivity index (χ4n) is 4.25. The molecular formula is C24H28Cl3N3O7S2. The second kappa shape index (κ2) is 11.2. The first kappa shape index (κ1) is 31.7. The van der Waals surface area contributed by atoms with Gasteiger partial charge in [0, 0.05) is 28.4 Å². The zero-order chi connectivity index (χ0) is 29.7. The van der Waals surface area contributed by atoms with E-state index >= 15 is 0 Å². The van der Waals surface area contributed by atoms with Crippen molar-refractivity contribution in [1.82, 2.24) is 10.2 Å². The van der Waals surface area contributed by atoms with E-state index in [1.165, 1.54) is 37.4 Å². The molecule has 39 heavy (non-hydrogen) atoms. The number of carbonyl (C=O) groups is 4. The Kier molecular flexibility index (Phi) is 9.11. The number of benzene rings is 1. The van der Waals surface area contributed by atoms with Gasteiger partial charge >= 0.3 is 12.1 Å². The van der Waals surface area contributed by atoms with E-state index in [0.717, 1.165) is 16.7 Å². The van der Waals surface area contributed by atoms with Crippen LogP contribution in [0.25, 0.3) is 0 Å². The quantitative estimate of drug-likeness (QED) is 0.229. The lowest BCUT2D eigenvalue weighted by Gasteiger charge is -2.53. The molecule has 4 unspecified atom stereocenters. The lowest BCUT2D eigenvalue weighted by molar-refractivity contribution is -0.157. The van der Waals surface area contributed by atoms with Crippen molar-refractivity contribution < 1.29 is 33.2 Å². The Morgan fingerprint density at radius 3 is 2.26 bits per heavy atom. The average molecular weight is 641 g/mol. The standard InChI is InChI=1S/C24H28Cl3N3O7S2/c1-22(2,3)37-21(35)29-15(11-6-8-12(9-7-11)39(5)36)17(31)14-18(32)30-16(20(33)34)13(10-24(25,26)27)23(4,28)38-19(14)30/h6-9,14-15,19H,10,28H2,1-5H3,(H,29,35)(H,33,34)/t14?,15?,19-,23?,39?/m1/s1. The van der Waals surface area contributed by atoms with Gasteiger partial charge in [-0.05, 0) is 51.0 Å². The van der Waals surface area contributed by atoms with E-state index in [1.54, 1.807) is 20.8 Å². The van der Waals surface area contributed by atoms with Gasteiger partial charge in [0.15, 0.2) is 9.58 Å². The number of nitrogens with two attached hydrogens (primary N) is 1. The van der Waals surface area contributed by atoms with Crippen LogP contribution < -0.4 is 11.1 Å². The summed E-state index contributed by atoms with van der Waals surface area (Å²) in [5.74, 6) is -4.31. The van der Waals surface area contributed by atoms with Crippen LogP contribution in [0, 0.1) is 5.92 Å². The number of nitrogens with zero attached hydrogens (tertiary/aromatic N) is 1. The fourth-order valence-corrected chi connectivity index (χ4v) is 6.69. The van der Waals surface area contributed by atoms with Crippen LogP contribution in [0.5, 0.6) is 0 Å². The van der Waals surface area contributed by atoms with Crippen LogP contribution in [-0.4, -0.2) is 63.9 Å². The zero-order valence-corrected chi connectivity index (χ0v) is 25.5. The van der Waals surface area contributed by atoms with Gasteiger partial charge in [-0.15, -0.1) is 11.8 Å². The number of nitrogens with one attached hydrogen (secondary N) is 1. The van der Waals surface area contributed by atoms with E-state index in [0.29, 0.717) is 10.5 Å². The van der Waals surface area contributed by atoms with E-state index in [1.807, 2.05) is 0 Å². The fraction of sp³-hybridized carbons (Fsp3) is 0.500. The Labute approximate surface area is 247 Å². The molecule has 214 valence electrons. The number of carboxylic acid groups (broad SMARTS) is 1. The second-order valence-corrected chi connectivity index (χ2v) is 15.7. The first-order chi connectivity index (χ1) is 17.7. The normalized spacial score (nSPS) is 24.8. The minimum absolute atomic E-state index is 0.0297. The van der Waals surface area contributed by atoms with Crippen molar-refractivity contribution in [3.05, 3.63) is 41.1 Å². The van der Waals surface area contributed by atoms with Crippen LogP contribution >= 0.6 is 46.6 Å². The molecule has 10 nitrogen and oxygen atoms in total. The third-order valence-electron chi connectivity index (χ3n) is 5.91. The SMILES string of the molecule is CS(=O)c1ccc(C(NC(=O)OC(C)(C)C)C(=O)C2C(=O)N3C(C(=O)O)=C(CC(Cl)(Cl)Cl)C(C)(N)S[C@H]23)cc1. The Bertz CT molecular complexity index is 1260. The number of alkyl halides is 3. The Morgan fingerprint density at radius 1 is 1.23 bits per heavy atom. The summed E-state index contributed by atoms with van der Waals surface area (Å²) < 4.78 is 15.3. The van der Waals surface area contributed by atoms with Crippen molar-refractivity contribution in [2.24, 2.45) is 11.7 Å². The molecule has 1 fully saturated rings. The number of ketones is 1. The highest BCUT2D eigenvalue weighted by molar-refractivity contribution is 8.01. The van der Waals surface area contributed by atoms with E-state index in [9.17, 15) is 28.5 Å². The summed E-state index contributed by atoms with van der Waals surface area (Å²) in [5.41, 5.74) is 5.46. The molecule has 0 bridgehead atoms. The van der Waals surface area contributed by atoms with Crippen LogP contribution in [-0.2, 0) is 29.9 Å². The number of aliphatic carboxylic acids is 1. The summed E-state index contributed by atoms with van der Waals surface area (Å²) in [6.45, 7) is 6.46. The first-order valence-corrected chi connectivity index (χ1v) is 15.1. The number of Topliss-reactive ketones (excluding diaryl/α,β-unsaturated/α-hetero) is 1. The van der Waals surface area contributed by atoms with E-state index < -0.39 is 71.8 Å². The van der Waals surface area contributed by atoms with Gasteiger partial charge in [-0.25, -0.2) is 9.59 Å². The number of alkyl carbamates (subject to hydrolysis) is 1. The zero-order valence-electron chi connectivity index (χ0n) is 21.6. The van der Waals surface area contributed by atoms with Crippen LogP contribution in [0.2, 0.25) is 0 Å². The van der Waals surface area contributed by atoms with Gasteiger partial charge in [0.1, 0.15) is 28.6 Å². The number of carboxylic acids is 1. The van der Waals surface area contributed by atoms with Gasteiger partial charge in [-0.3, -0.25) is 18.7 Å². The summed E-state index contributed by atoms with van der Waals surface area (Å²) in [7, 11) is -1.29. The molecule has 1 aromatic carbocycles. The first-order valence-electron chi connectivity index (χ1n) is 11.5. The van der Waals surface area contributed by atoms with Crippen molar-refractivity contribution in [3.63, 3.8) is 0 Å². The lowest BCUT2D eigenvalue weighted by atomic mass is 9.84. The van der Waals surface area contributed by atoms with E-state index in [2.05, 4.69) is 5.32 Å². The highest BCUT2D eigenvalue weighted by Crippen LogP contribution is 2.53. The molecule has 0 saturated carbocycles. The molecule has 15 heteroatoms. The highest BCUT2D eigenvalue weighted by atomic mass is 35.6. The molecule has 3 rings (SSSR count). The second-order valence-electron chi connectivity index (χ2n) is 10.2. The smallest absolute Gasteiger partial charge is 0.408 e. The number of β-lactam (4-membered cyclic amide) rings is 1. The van der Waals surface area contributed by atoms with Gasteiger partial charge in [0.05, 0.1) is 4.87 Å². The summed E-state index contributed by atoms with van der Waals surface area (Å²) in [5, 5.41) is 11.5. The van der Waals surface area contributed by atoms with Crippen LogP contribution in [0.4, 0.5) is 4.79 Å². The van der Waals surface area contributed by atoms with Gasteiger partial charge in [0.2, 0.25) is 5.91 Å². The minimum atomic E-state index is -1.88. The number of ether oxygens (including phenoxy) is 1. The number of hydrogen-bond donors (Lipinski definition) is 3. The van der Waals surface area contributed by atoms with Crippen molar-refractivity contribution in [2.45, 2.75) is 64.7 Å². The molecule has 4 N–H and O–H groups in total. The average Bonchev–Trinajstić information content (AvgIpc) is 2.76. The molecule has 0 aromatic heterocycles. The van der Waals surface area contributed by atoms with E-state index in [-0.39, 0.29) is 12.0 Å². The minimum Gasteiger partial charge on any atom is -0.477 e. The topological polar surface area (TPSA) is 156 Å². The number of carbonyl (C=O) groups excluding carboxylic acids is 3. The predicted octanol–water partition coefficient (Wildman–Crippen LogP) is 3.86. The van der Waals surface area contributed by atoms with Gasteiger partial charge in [-0.2, -0.15) is 0 Å². The summed E-state index contributed by atoms with van der Waals surface area (Å²) >= 11 is 18.8. The number of fused-ring (bicyclic) bond motifs is 1. The molecule has 1 saturated heterocycles. The summed E-state index contributed by atoms with van der Waals surface area (Å²) in [6.07, 6.45) is 0.235. The summed E-state index contributed by atoms with van der Waals surface area (Å²) in [6, 6.07) is 4.77. The van der Waals surface area contributed by atoms with Gasteiger partial charge in [-0.1, -0.05) is 46.9 Å². The molecule has 2 aliphatic heterocycles. The van der Waals surface area contributed by atoms with Crippen molar-refractivity contribution in [1.29, 1.82) is 0 Å². The largest absolute Gasteiger partial charge is 0.477 e. The molecule has 1 aromatic rings. The highest BCUT2D eigenvalue weighted by Gasteiger charge is 2.61. The molecule has 0 aliphatic carbocycles. The van der Waals surface area contributed by atoms with E-state index in [4.69, 9.17) is 45.3 Å². The number of thioether (sulfide) groups is 1. The molecule has 0 radical (unpaired) electrons. The van der Waals surface area contributed by atoms with Crippen molar-refractivity contribution >= 4 is 81.1 Å². The monoisotopic (exact) mass is 639 g/mol. The van der Waals surface area contributed by atoms with Crippen LogP contribution in [0.15, 0.2) is 40.4 Å². The van der Waals surface area contributed by atoms with Gasteiger partial charge < -0.3 is 20.9 Å². The molecular weight excluding hydrogens is 613 g/mol. The number of hydrogen-bond acceptors (Lipinski definition) is 8. The lowest BCUT2D eigenvalue weighted by Crippen LogP contribution is -2.68. The van der Waals surface area contributed by atoms with Crippen LogP contribution in [0.3, 0.4) is 0 Å². The van der Waals surface area contributed by atoms with Crippen LogP contribution in [0.1, 0.15) is 45.7 Å². The maximum absolute atomic E-state index is 13.9. The van der Waals surface area contributed by atoms with Gasteiger partial charge in [0.25, 0.3) is 0 Å². The Hall–Kier alpha value is -1.83. The third-order valence-corrected chi connectivity index (χ3v) is 8.71. The molecule has 2 aliphatic rings. The number of amides is 2. The maximum Gasteiger partial charge on any atom is 0.408 e. The number of halogens is 3.